The second-order valence-corrected chi connectivity index (χ2v) is 8.95. The Balaban J connectivity index is 1.95. The van der Waals surface area contributed by atoms with Crippen LogP contribution in [0.4, 0.5) is 5.82 Å². The molecule has 0 radical (unpaired) electrons. The van der Waals surface area contributed by atoms with Gasteiger partial charge in [-0.1, -0.05) is 29.3 Å². The second kappa shape index (κ2) is 7.62. The molecule has 1 aromatic carbocycles. The summed E-state index contributed by atoms with van der Waals surface area (Å²) < 4.78 is 30.1. The average Bonchev–Trinajstić information content (AvgIpc) is 3.11. The standard InChI is InChI=1S/C18H18Cl2N4O3S/c1-10-4-5-14(19)16(17(10)20)11(2)27-15-6-12(7-22-18(15)21)13-8-23-24(9-13)28(3,25)26/h4-9,11H,1-3H3,(H2,21,22). The average molecular weight is 441 g/mol. The lowest BCUT2D eigenvalue weighted by atomic mass is 10.1. The molecule has 0 fully saturated rings. The second-order valence-electron chi connectivity index (χ2n) is 6.32. The van der Waals surface area contributed by atoms with Crippen LogP contribution in [0.5, 0.6) is 5.75 Å². The third kappa shape index (κ3) is 4.09. The highest BCUT2D eigenvalue weighted by atomic mass is 35.5. The van der Waals surface area contributed by atoms with Gasteiger partial charge in [0.05, 0.1) is 23.7 Å². The van der Waals surface area contributed by atoms with Crippen molar-refractivity contribution in [3.8, 4) is 16.9 Å². The van der Waals surface area contributed by atoms with Crippen molar-refractivity contribution in [2.75, 3.05) is 12.0 Å². The Morgan fingerprint density at radius 1 is 1.21 bits per heavy atom. The molecule has 10 heteroatoms. The summed E-state index contributed by atoms with van der Waals surface area (Å²) >= 11 is 12.7. The number of nitrogens with zero attached hydrogens (tertiary/aromatic N) is 3. The summed E-state index contributed by atoms with van der Waals surface area (Å²) in [5, 5.41) is 4.86. The van der Waals surface area contributed by atoms with E-state index in [0.29, 0.717) is 32.5 Å². The lowest BCUT2D eigenvalue weighted by Crippen LogP contribution is -2.09. The Hall–Kier alpha value is -2.29. The third-order valence-electron chi connectivity index (χ3n) is 4.14. The smallest absolute Gasteiger partial charge is 0.250 e. The minimum absolute atomic E-state index is 0.186. The molecular weight excluding hydrogens is 423 g/mol. The Labute approximate surface area is 173 Å². The summed E-state index contributed by atoms with van der Waals surface area (Å²) in [6.07, 6.45) is 4.91. The van der Waals surface area contributed by atoms with Gasteiger partial charge < -0.3 is 10.5 Å². The molecule has 2 N–H and O–H groups in total. The predicted molar refractivity (Wildman–Crippen MR) is 110 cm³/mol. The fourth-order valence-corrected chi connectivity index (χ4v) is 3.84. The molecule has 0 aliphatic heterocycles. The molecule has 7 nitrogen and oxygen atoms in total. The summed E-state index contributed by atoms with van der Waals surface area (Å²) in [6.45, 7) is 3.69. The van der Waals surface area contributed by atoms with Crippen LogP contribution in [0.25, 0.3) is 11.1 Å². The van der Waals surface area contributed by atoms with Crippen molar-refractivity contribution in [2.24, 2.45) is 0 Å². The molecule has 0 spiro atoms. The first-order chi connectivity index (χ1) is 13.1. The molecule has 1 atom stereocenters. The van der Waals surface area contributed by atoms with Gasteiger partial charge in [0.15, 0.2) is 11.6 Å². The van der Waals surface area contributed by atoms with Gasteiger partial charge in [-0.3, -0.25) is 0 Å². The van der Waals surface area contributed by atoms with Gasteiger partial charge in [-0.25, -0.2) is 13.4 Å². The topological polar surface area (TPSA) is 100 Å². The first-order valence-corrected chi connectivity index (χ1v) is 10.8. The highest BCUT2D eigenvalue weighted by Gasteiger charge is 2.19. The quantitative estimate of drug-likeness (QED) is 0.640. The summed E-state index contributed by atoms with van der Waals surface area (Å²) in [6, 6.07) is 5.26. The highest BCUT2D eigenvalue weighted by molar-refractivity contribution is 7.89. The Bertz CT molecular complexity index is 1150. The Morgan fingerprint density at radius 3 is 2.57 bits per heavy atom. The van der Waals surface area contributed by atoms with Crippen molar-refractivity contribution >= 4 is 39.0 Å². The minimum atomic E-state index is -3.48. The van der Waals surface area contributed by atoms with E-state index < -0.39 is 16.1 Å². The van der Waals surface area contributed by atoms with Gasteiger partial charge in [0.25, 0.3) is 10.0 Å². The van der Waals surface area contributed by atoms with E-state index in [9.17, 15) is 8.42 Å². The molecule has 3 aromatic rings. The van der Waals surface area contributed by atoms with Crippen LogP contribution in [-0.4, -0.2) is 28.8 Å². The number of aromatic nitrogens is 3. The van der Waals surface area contributed by atoms with Crippen LogP contribution in [-0.2, 0) is 10.0 Å². The van der Waals surface area contributed by atoms with E-state index in [-0.39, 0.29) is 5.82 Å². The van der Waals surface area contributed by atoms with Crippen LogP contribution >= 0.6 is 23.2 Å². The third-order valence-corrected chi connectivity index (χ3v) is 5.86. The number of aryl methyl sites for hydroxylation is 1. The van der Waals surface area contributed by atoms with Crippen LogP contribution in [0.1, 0.15) is 24.2 Å². The van der Waals surface area contributed by atoms with Gasteiger partial charge in [-0.2, -0.15) is 9.19 Å². The van der Waals surface area contributed by atoms with Gasteiger partial charge in [-0.15, -0.1) is 0 Å². The zero-order valence-electron chi connectivity index (χ0n) is 15.3. The number of ether oxygens (including phenoxy) is 1. The monoisotopic (exact) mass is 440 g/mol. The van der Waals surface area contributed by atoms with Crippen molar-refractivity contribution in [2.45, 2.75) is 20.0 Å². The van der Waals surface area contributed by atoms with E-state index in [2.05, 4.69) is 10.1 Å². The summed E-state index contributed by atoms with van der Waals surface area (Å²) in [5.41, 5.74) is 8.65. The maximum absolute atomic E-state index is 11.6. The summed E-state index contributed by atoms with van der Waals surface area (Å²) in [4.78, 5) is 4.14. The number of hydrogen-bond donors (Lipinski definition) is 1. The number of rotatable bonds is 5. The number of anilines is 1. The first kappa shape index (κ1) is 20.4. The van der Waals surface area contributed by atoms with E-state index in [1.165, 1.54) is 18.6 Å². The molecule has 0 amide bonds. The number of pyridine rings is 1. The highest BCUT2D eigenvalue weighted by Crippen LogP contribution is 2.37. The van der Waals surface area contributed by atoms with Crippen molar-refractivity contribution < 1.29 is 13.2 Å². The predicted octanol–water partition coefficient (Wildman–Crippen LogP) is 4.09. The minimum Gasteiger partial charge on any atom is -0.482 e. The molecule has 28 heavy (non-hydrogen) atoms. The molecular formula is C18H18Cl2N4O3S. The molecule has 148 valence electrons. The number of nitrogens with two attached hydrogens (primary N) is 1. The van der Waals surface area contributed by atoms with Gasteiger partial charge >= 0.3 is 0 Å². The fraction of sp³-hybridized carbons (Fsp3) is 0.222. The molecule has 1 unspecified atom stereocenters. The molecule has 0 saturated carbocycles. The van der Waals surface area contributed by atoms with Crippen molar-refractivity contribution in [1.29, 1.82) is 0 Å². The molecule has 0 saturated heterocycles. The normalized spacial score (nSPS) is 12.8. The largest absolute Gasteiger partial charge is 0.482 e. The lowest BCUT2D eigenvalue weighted by Gasteiger charge is -2.19. The number of halogens is 2. The maximum atomic E-state index is 11.6. The van der Waals surface area contributed by atoms with E-state index in [1.54, 1.807) is 19.1 Å². The molecule has 3 rings (SSSR count). The van der Waals surface area contributed by atoms with Crippen molar-refractivity contribution in [1.82, 2.24) is 14.2 Å². The van der Waals surface area contributed by atoms with Crippen LogP contribution in [0.15, 0.2) is 36.8 Å². The summed E-state index contributed by atoms with van der Waals surface area (Å²) in [7, 11) is -3.48. The van der Waals surface area contributed by atoms with Gasteiger partial charge in [-0.05, 0) is 31.5 Å². The van der Waals surface area contributed by atoms with Crippen molar-refractivity contribution in [3.63, 3.8) is 0 Å². The first-order valence-electron chi connectivity index (χ1n) is 8.20. The Morgan fingerprint density at radius 2 is 1.93 bits per heavy atom. The van der Waals surface area contributed by atoms with E-state index >= 15 is 0 Å². The summed E-state index contributed by atoms with van der Waals surface area (Å²) in [5.74, 6) is 0.511. The molecule has 0 aliphatic carbocycles. The zero-order valence-corrected chi connectivity index (χ0v) is 17.7. The molecule has 2 aromatic heterocycles. The van der Waals surface area contributed by atoms with Crippen LogP contribution in [0, 0.1) is 6.92 Å². The number of hydrogen-bond acceptors (Lipinski definition) is 6. The van der Waals surface area contributed by atoms with Crippen molar-refractivity contribution in [3.05, 3.63) is 58.0 Å². The van der Waals surface area contributed by atoms with E-state index in [1.807, 2.05) is 13.0 Å². The van der Waals surface area contributed by atoms with Crippen LogP contribution < -0.4 is 10.5 Å². The van der Waals surface area contributed by atoms with E-state index in [4.69, 9.17) is 33.7 Å². The fourth-order valence-electron chi connectivity index (χ4n) is 2.64. The van der Waals surface area contributed by atoms with Gasteiger partial charge in [0.2, 0.25) is 0 Å². The number of nitrogen functional groups attached to an aromatic ring is 1. The molecule has 0 bridgehead atoms. The Kier molecular flexibility index (Phi) is 5.56. The zero-order chi connectivity index (χ0) is 20.6. The number of benzene rings is 1. The molecule has 0 aliphatic rings. The van der Waals surface area contributed by atoms with Crippen LogP contribution in [0.3, 0.4) is 0 Å². The molecule has 2 heterocycles. The SMILES string of the molecule is Cc1ccc(Cl)c(C(C)Oc2cc(-c3cnn(S(C)(=O)=O)c3)cnc2N)c1Cl. The van der Waals surface area contributed by atoms with Crippen LogP contribution in [0.2, 0.25) is 10.0 Å². The maximum Gasteiger partial charge on any atom is 0.250 e. The van der Waals surface area contributed by atoms with E-state index in [0.717, 1.165) is 15.9 Å². The lowest BCUT2D eigenvalue weighted by molar-refractivity contribution is 0.228. The van der Waals surface area contributed by atoms with Gasteiger partial charge in [0, 0.05) is 27.9 Å². The van der Waals surface area contributed by atoms with Gasteiger partial charge in [0.1, 0.15) is 6.10 Å².